The molecule has 13 heavy (non-hydrogen) atoms. The molecule has 0 spiro atoms. The van der Waals surface area contributed by atoms with Gasteiger partial charge in [0.25, 0.3) is 0 Å². The number of nitrogens with zero attached hydrogens (tertiary/aromatic N) is 1. The average Bonchev–Trinajstić information content (AvgIpc) is 2.42. The quantitative estimate of drug-likeness (QED) is 0.581. The fraction of sp³-hybridized carbons (Fsp3) is 0.875. The molecule has 1 N–H and O–H groups in total. The van der Waals surface area contributed by atoms with E-state index in [4.69, 9.17) is 12.2 Å². The second-order valence-corrected chi connectivity index (χ2v) is 5.95. The normalized spacial score (nSPS) is 18.1. The van der Waals surface area contributed by atoms with Crippen LogP contribution < -0.4 is 5.32 Å². The SMILES string of the molecule is CCCNC(=S)N1CCSSCC1. The molecule has 0 aromatic heterocycles. The highest BCUT2D eigenvalue weighted by atomic mass is 33.1. The second-order valence-electron chi connectivity index (χ2n) is 2.86. The van der Waals surface area contributed by atoms with Gasteiger partial charge in [-0.1, -0.05) is 28.5 Å². The lowest BCUT2D eigenvalue weighted by molar-refractivity contribution is 0.465. The third-order valence-corrected chi connectivity index (χ3v) is 4.55. The molecule has 76 valence electrons. The smallest absolute Gasteiger partial charge is 0.168 e. The van der Waals surface area contributed by atoms with Crippen molar-refractivity contribution in [1.82, 2.24) is 10.2 Å². The maximum Gasteiger partial charge on any atom is 0.168 e. The minimum Gasteiger partial charge on any atom is -0.363 e. The van der Waals surface area contributed by atoms with Crippen LogP contribution in [0.3, 0.4) is 0 Å². The molecule has 1 aliphatic heterocycles. The summed E-state index contributed by atoms with van der Waals surface area (Å²) in [7, 11) is 3.90. The topological polar surface area (TPSA) is 15.3 Å². The lowest BCUT2D eigenvalue weighted by Crippen LogP contribution is -2.41. The van der Waals surface area contributed by atoms with Crippen LogP contribution in [-0.4, -0.2) is 41.2 Å². The summed E-state index contributed by atoms with van der Waals surface area (Å²) in [6.07, 6.45) is 1.14. The zero-order chi connectivity index (χ0) is 9.52. The molecule has 1 fully saturated rings. The highest BCUT2D eigenvalue weighted by Gasteiger charge is 2.11. The Morgan fingerprint density at radius 2 is 2.00 bits per heavy atom. The van der Waals surface area contributed by atoms with Crippen LogP contribution in [0.2, 0.25) is 0 Å². The monoisotopic (exact) mass is 236 g/mol. The molecule has 0 atom stereocenters. The molecule has 1 heterocycles. The molecule has 2 nitrogen and oxygen atoms in total. The lowest BCUT2D eigenvalue weighted by atomic mass is 10.5. The van der Waals surface area contributed by atoms with Crippen molar-refractivity contribution in [2.45, 2.75) is 13.3 Å². The van der Waals surface area contributed by atoms with Crippen molar-refractivity contribution in [1.29, 1.82) is 0 Å². The Bertz CT molecular complexity index is 155. The predicted molar refractivity (Wildman–Crippen MR) is 67.4 cm³/mol. The Hall–Kier alpha value is 0.390. The number of nitrogens with one attached hydrogen (secondary N) is 1. The molecule has 0 saturated carbocycles. The summed E-state index contributed by atoms with van der Waals surface area (Å²) in [6, 6.07) is 0. The van der Waals surface area contributed by atoms with Crippen molar-refractivity contribution < 1.29 is 0 Å². The maximum absolute atomic E-state index is 5.30. The number of hydrogen-bond acceptors (Lipinski definition) is 3. The van der Waals surface area contributed by atoms with E-state index in [1.165, 1.54) is 11.5 Å². The first kappa shape index (κ1) is 11.5. The Morgan fingerprint density at radius 3 is 2.54 bits per heavy atom. The molecule has 0 aromatic carbocycles. The molecule has 1 aliphatic rings. The van der Waals surface area contributed by atoms with Crippen LogP contribution in [-0.2, 0) is 0 Å². The second kappa shape index (κ2) is 6.79. The van der Waals surface area contributed by atoms with E-state index < -0.39 is 0 Å². The standard InChI is InChI=1S/C8H16N2S3/c1-2-3-9-8(11)10-4-6-12-13-7-5-10/h2-7H2,1H3,(H,9,11). The van der Waals surface area contributed by atoms with E-state index in [9.17, 15) is 0 Å². The summed E-state index contributed by atoms with van der Waals surface area (Å²) in [5, 5.41) is 4.20. The summed E-state index contributed by atoms with van der Waals surface area (Å²) >= 11 is 5.30. The van der Waals surface area contributed by atoms with E-state index >= 15 is 0 Å². The highest BCUT2D eigenvalue weighted by Crippen LogP contribution is 2.23. The van der Waals surface area contributed by atoms with Gasteiger partial charge in [0.15, 0.2) is 5.11 Å². The van der Waals surface area contributed by atoms with Crippen molar-refractivity contribution in [3.8, 4) is 0 Å². The van der Waals surface area contributed by atoms with Crippen LogP contribution in [0.5, 0.6) is 0 Å². The van der Waals surface area contributed by atoms with Crippen molar-refractivity contribution in [3.63, 3.8) is 0 Å². The van der Waals surface area contributed by atoms with Gasteiger partial charge in [0.05, 0.1) is 0 Å². The van der Waals surface area contributed by atoms with Crippen LogP contribution in [0, 0.1) is 0 Å². The van der Waals surface area contributed by atoms with Gasteiger partial charge in [-0.05, 0) is 18.6 Å². The minimum atomic E-state index is 0.935. The average molecular weight is 236 g/mol. The van der Waals surface area contributed by atoms with Crippen LogP contribution >= 0.6 is 33.8 Å². The molecule has 1 rings (SSSR count). The predicted octanol–water partition coefficient (Wildman–Crippen LogP) is 1.97. The molecule has 1 saturated heterocycles. The van der Waals surface area contributed by atoms with Crippen molar-refractivity contribution in [2.24, 2.45) is 0 Å². The van der Waals surface area contributed by atoms with Crippen molar-refractivity contribution in [3.05, 3.63) is 0 Å². The van der Waals surface area contributed by atoms with E-state index in [-0.39, 0.29) is 0 Å². The summed E-state index contributed by atoms with van der Waals surface area (Å²) < 4.78 is 0. The zero-order valence-electron chi connectivity index (χ0n) is 7.91. The molecule has 0 amide bonds. The third-order valence-electron chi connectivity index (χ3n) is 1.79. The van der Waals surface area contributed by atoms with Crippen LogP contribution in [0.4, 0.5) is 0 Å². The van der Waals surface area contributed by atoms with Gasteiger partial charge in [-0.25, -0.2) is 0 Å². The van der Waals surface area contributed by atoms with E-state index in [0.717, 1.165) is 31.2 Å². The molecule has 0 unspecified atom stereocenters. The molecular formula is C8H16N2S3. The van der Waals surface area contributed by atoms with Crippen molar-refractivity contribution >= 4 is 38.9 Å². The Labute approximate surface area is 93.6 Å². The fourth-order valence-electron chi connectivity index (χ4n) is 1.07. The third kappa shape index (κ3) is 4.42. The summed E-state index contributed by atoms with van der Waals surface area (Å²) in [4.78, 5) is 2.28. The molecule has 0 aliphatic carbocycles. The fourth-order valence-corrected chi connectivity index (χ4v) is 3.34. The van der Waals surface area contributed by atoms with Gasteiger partial charge in [0.1, 0.15) is 0 Å². The van der Waals surface area contributed by atoms with Gasteiger partial charge in [-0.2, -0.15) is 0 Å². The largest absolute Gasteiger partial charge is 0.363 e. The van der Waals surface area contributed by atoms with E-state index in [2.05, 4.69) is 17.1 Å². The highest BCUT2D eigenvalue weighted by molar-refractivity contribution is 8.76. The molecule has 0 aromatic rings. The zero-order valence-corrected chi connectivity index (χ0v) is 10.4. The maximum atomic E-state index is 5.30. The molecule has 0 bridgehead atoms. The van der Waals surface area contributed by atoms with Gasteiger partial charge in [-0.15, -0.1) is 0 Å². The Kier molecular flexibility index (Phi) is 5.98. The summed E-state index contributed by atoms with van der Waals surface area (Å²) in [5.74, 6) is 2.36. The lowest BCUT2D eigenvalue weighted by Gasteiger charge is -2.23. The summed E-state index contributed by atoms with van der Waals surface area (Å²) in [5.41, 5.74) is 0. The van der Waals surface area contributed by atoms with E-state index in [1.807, 2.05) is 21.6 Å². The van der Waals surface area contributed by atoms with Crippen LogP contribution in [0.15, 0.2) is 0 Å². The summed E-state index contributed by atoms with van der Waals surface area (Å²) in [6.45, 7) is 5.33. The first-order valence-electron chi connectivity index (χ1n) is 4.61. The minimum absolute atomic E-state index is 0.935. The molecular weight excluding hydrogens is 220 g/mol. The molecule has 5 heteroatoms. The Morgan fingerprint density at radius 1 is 1.38 bits per heavy atom. The first-order chi connectivity index (χ1) is 6.34. The van der Waals surface area contributed by atoms with Gasteiger partial charge < -0.3 is 10.2 Å². The van der Waals surface area contributed by atoms with Crippen LogP contribution in [0.1, 0.15) is 13.3 Å². The van der Waals surface area contributed by atoms with Gasteiger partial charge in [0.2, 0.25) is 0 Å². The first-order valence-corrected chi connectivity index (χ1v) is 7.51. The number of rotatable bonds is 2. The number of hydrogen-bond donors (Lipinski definition) is 1. The van der Waals surface area contributed by atoms with E-state index in [1.54, 1.807) is 0 Å². The van der Waals surface area contributed by atoms with E-state index in [0.29, 0.717) is 0 Å². The van der Waals surface area contributed by atoms with Gasteiger partial charge in [-0.3, -0.25) is 0 Å². The van der Waals surface area contributed by atoms with Crippen molar-refractivity contribution in [2.75, 3.05) is 31.1 Å². The molecule has 0 radical (unpaired) electrons. The van der Waals surface area contributed by atoms with Gasteiger partial charge >= 0.3 is 0 Å². The van der Waals surface area contributed by atoms with Gasteiger partial charge in [0, 0.05) is 31.1 Å². The Balaban J connectivity index is 2.26. The number of thiocarbonyl (C=S) groups is 1. The van der Waals surface area contributed by atoms with Crippen LogP contribution in [0.25, 0.3) is 0 Å².